The van der Waals surface area contributed by atoms with E-state index in [9.17, 15) is 13.2 Å². The van der Waals surface area contributed by atoms with Gasteiger partial charge in [-0.3, -0.25) is 10.2 Å². The summed E-state index contributed by atoms with van der Waals surface area (Å²) in [6.07, 6.45) is 0.109. The first-order chi connectivity index (χ1) is 8.79. The number of hydrogen-bond acceptors (Lipinski definition) is 4. The fraction of sp³-hybridized carbons (Fsp3) is 0.111. The molecule has 0 bridgehead atoms. The Kier molecular flexibility index (Phi) is 3.63. The van der Waals surface area contributed by atoms with Crippen LogP contribution >= 0.6 is 23.8 Å². The predicted molar refractivity (Wildman–Crippen MR) is 74.0 cm³/mol. The van der Waals surface area contributed by atoms with E-state index in [1.807, 2.05) is 4.83 Å². The van der Waals surface area contributed by atoms with Crippen LogP contribution in [0.25, 0.3) is 0 Å². The first-order valence-corrected chi connectivity index (χ1v) is 7.26. The largest absolute Gasteiger partial charge is 0.375 e. The van der Waals surface area contributed by atoms with Gasteiger partial charge in [-0.1, -0.05) is 11.6 Å². The molecule has 2 rings (SSSR count). The number of halogens is 1. The Labute approximate surface area is 119 Å². The van der Waals surface area contributed by atoms with Gasteiger partial charge in [-0.2, -0.15) is 0 Å². The maximum Gasteiger partial charge on any atom is 0.258 e. The van der Waals surface area contributed by atoms with Crippen molar-refractivity contribution in [2.75, 3.05) is 5.32 Å². The van der Waals surface area contributed by atoms with Crippen molar-refractivity contribution in [1.29, 1.82) is 0 Å². The smallest absolute Gasteiger partial charge is 0.258 e. The molecular weight excluding hydrogens is 312 g/mol. The molecule has 0 spiro atoms. The SMILES string of the molecule is NC(=S)NNS(=O)(=O)c1cc2c(cc1Cl)NC(=O)C2. The average molecular weight is 321 g/mol. The van der Waals surface area contributed by atoms with Crippen LogP contribution in [0, 0.1) is 0 Å². The van der Waals surface area contributed by atoms with E-state index in [-0.39, 0.29) is 27.4 Å². The van der Waals surface area contributed by atoms with Crippen LogP contribution in [0.4, 0.5) is 5.69 Å². The molecule has 19 heavy (non-hydrogen) atoms. The summed E-state index contributed by atoms with van der Waals surface area (Å²) in [5.41, 5.74) is 8.32. The fourth-order valence-corrected chi connectivity index (χ4v) is 3.16. The first kappa shape index (κ1) is 14.0. The summed E-state index contributed by atoms with van der Waals surface area (Å²) in [5.74, 6) is -0.213. The molecule has 0 unspecified atom stereocenters. The van der Waals surface area contributed by atoms with Gasteiger partial charge >= 0.3 is 0 Å². The molecular formula is C9H9ClN4O3S2. The molecule has 1 aromatic rings. The number of rotatable bonds is 3. The number of sulfonamides is 1. The summed E-state index contributed by atoms with van der Waals surface area (Å²) in [6.45, 7) is 0. The molecule has 7 nitrogen and oxygen atoms in total. The van der Waals surface area contributed by atoms with Crippen molar-refractivity contribution in [2.24, 2.45) is 5.73 Å². The van der Waals surface area contributed by atoms with E-state index < -0.39 is 10.0 Å². The van der Waals surface area contributed by atoms with Crippen molar-refractivity contribution in [3.8, 4) is 0 Å². The lowest BCUT2D eigenvalue weighted by atomic mass is 10.2. The van der Waals surface area contributed by atoms with Gasteiger partial charge in [0.2, 0.25) is 5.91 Å². The number of fused-ring (bicyclic) bond motifs is 1. The number of benzene rings is 1. The molecule has 102 valence electrons. The second kappa shape index (κ2) is 4.93. The standard InChI is InChI=1S/C9H9ClN4O3S2/c10-5-3-6-4(2-8(15)12-6)1-7(5)19(16,17)14-13-9(11)18/h1,3,14H,2H2,(H,12,15)(H3,11,13,18). The van der Waals surface area contributed by atoms with Crippen LogP contribution < -0.4 is 21.3 Å². The number of anilines is 1. The highest BCUT2D eigenvalue weighted by atomic mass is 35.5. The lowest BCUT2D eigenvalue weighted by Crippen LogP contribution is -2.44. The van der Waals surface area contributed by atoms with Crippen molar-refractivity contribution in [3.63, 3.8) is 0 Å². The number of nitrogens with one attached hydrogen (secondary N) is 3. The highest BCUT2D eigenvalue weighted by Crippen LogP contribution is 2.31. The fourth-order valence-electron chi connectivity index (χ4n) is 1.60. The zero-order chi connectivity index (χ0) is 14.2. The molecule has 1 aromatic carbocycles. The Morgan fingerprint density at radius 3 is 2.79 bits per heavy atom. The van der Waals surface area contributed by atoms with Gasteiger partial charge in [-0.25, -0.2) is 8.42 Å². The molecule has 5 N–H and O–H groups in total. The number of hydrazine groups is 1. The first-order valence-electron chi connectivity index (χ1n) is 4.99. The van der Waals surface area contributed by atoms with Gasteiger partial charge in [0.15, 0.2) is 5.11 Å². The van der Waals surface area contributed by atoms with E-state index in [1.54, 1.807) is 0 Å². The second-order valence-corrected chi connectivity index (χ2v) is 6.26. The van der Waals surface area contributed by atoms with E-state index in [2.05, 4.69) is 23.0 Å². The molecule has 1 amide bonds. The van der Waals surface area contributed by atoms with E-state index in [0.29, 0.717) is 11.3 Å². The molecule has 0 atom stereocenters. The van der Waals surface area contributed by atoms with Gasteiger partial charge in [-0.05, 0) is 29.9 Å². The summed E-state index contributed by atoms with van der Waals surface area (Å²) in [4.78, 5) is 13.0. The number of carbonyl (C=O) groups is 1. The number of amides is 1. The topological polar surface area (TPSA) is 113 Å². The number of hydrogen-bond donors (Lipinski definition) is 4. The zero-order valence-electron chi connectivity index (χ0n) is 9.36. The Bertz CT molecular complexity index is 674. The van der Waals surface area contributed by atoms with E-state index in [1.165, 1.54) is 12.1 Å². The highest BCUT2D eigenvalue weighted by Gasteiger charge is 2.25. The molecule has 10 heteroatoms. The van der Waals surface area contributed by atoms with Gasteiger partial charge in [-0.15, -0.1) is 4.83 Å². The Hall–Kier alpha value is -1.42. The third-order valence-corrected chi connectivity index (χ3v) is 4.20. The monoisotopic (exact) mass is 320 g/mol. The van der Waals surface area contributed by atoms with Crippen LogP contribution in [0.3, 0.4) is 0 Å². The minimum atomic E-state index is -3.92. The van der Waals surface area contributed by atoms with E-state index in [4.69, 9.17) is 17.3 Å². The summed E-state index contributed by atoms with van der Waals surface area (Å²) >= 11 is 10.4. The molecule has 0 radical (unpaired) electrons. The summed E-state index contributed by atoms with van der Waals surface area (Å²) in [6, 6.07) is 2.72. The third kappa shape index (κ3) is 2.95. The quantitative estimate of drug-likeness (QED) is 0.455. The molecule has 1 aliphatic rings. The molecule has 0 saturated heterocycles. The minimum absolute atomic E-state index is 0.0156. The number of carbonyl (C=O) groups excluding carboxylic acids is 1. The predicted octanol–water partition coefficient (Wildman–Crippen LogP) is -0.139. The van der Waals surface area contributed by atoms with Gasteiger partial charge in [0, 0.05) is 5.69 Å². The third-order valence-electron chi connectivity index (χ3n) is 2.38. The van der Waals surface area contributed by atoms with Gasteiger partial charge < -0.3 is 11.1 Å². The average Bonchev–Trinajstić information content (AvgIpc) is 2.64. The molecule has 0 aromatic heterocycles. The van der Waals surface area contributed by atoms with Crippen molar-refractivity contribution < 1.29 is 13.2 Å². The molecule has 1 aliphatic heterocycles. The molecule has 1 heterocycles. The lowest BCUT2D eigenvalue weighted by Gasteiger charge is -2.10. The van der Waals surface area contributed by atoms with Crippen LogP contribution in [-0.2, 0) is 21.2 Å². The maximum absolute atomic E-state index is 12.0. The Balaban J connectivity index is 2.38. The van der Waals surface area contributed by atoms with Crippen LogP contribution in [0.1, 0.15) is 5.56 Å². The summed E-state index contributed by atoms with van der Waals surface area (Å²) in [7, 11) is -3.92. The second-order valence-electron chi connectivity index (χ2n) is 3.76. The summed E-state index contributed by atoms with van der Waals surface area (Å²) < 4.78 is 23.9. The van der Waals surface area contributed by atoms with Crippen LogP contribution in [0.5, 0.6) is 0 Å². The van der Waals surface area contributed by atoms with Crippen molar-refractivity contribution >= 4 is 50.5 Å². The lowest BCUT2D eigenvalue weighted by molar-refractivity contribution is -0.115. The van der Waals surface area contributed by atoms with E-state index >= 15 is 0 Å². The number of thiocarbonyl (C=S) groups is 1. The van der Waals surface area contributed by atoms with Crippen molar-refractivity contribution in [2.45, 2.75) is 11.3 Å². The van der Waals surface area contributed by atoms with Crippen LogP contribution in [0.2, 0.25) is 5.02 Å². The van der Waals surface area contributed by atoms with Crippen LogP contribution in [-0.4, -0.2) is 19.4 Å². The molecule has 0 fully saturated rings. The minimum Gasteiger partial charge on any atom is -0.375 e. The Morgan fingerprint density at radius 1 is 1.47 bits per heavy atom. The van der Waals surface area contributed by atoms with Gasteiger partial charge in [0.05, 0.1) is 11.4 Å². The van der Waals surface area contributed by atoms with Gasteiger partial charge in [0.1, 0.15) is 4.90 Å². The van der Waals surface area contributed by atoms with Gasteiger partial charge in [0.25, 0.3) is 10.0 Å². The van der Waals surface area contributed by atoms with Crippen LogP contribution in [0.15, 0.2) is 17.0 Å². The van der Waals surface area contributed by atoms with Crippen molar-refractivity contribution in [1.82, 2.24) is 10.3 Å². The normalized spacial score (nSPS) is 13.8. The molecule has 0 saturated carbocycles. The summed E-state index contributed by atoms with van der Waals surface area (Å²) in [5, 5.41) is 2.33. The number of nitrogens with two attached hydrogens (primary N) is 1. The van der Waals surface area contributed by atoms with E-state index in [0.717, 1.165) is 0 Å². The zero-order valence-corrected chi connectivity index (χ0v) is 11.7. The van der Waals surface area contributed by atoms with Crippen molar-refractivity contribution in [3.05, 3.63) is 22.7 Å². The molecule has 0 aliphatic carbocycles. The highest BCUT2D eigenvalue weighted by molar-refractivity contribution is 7.89. The maximum atomic E-state index is 12.0. The Morgan fingerprint density at radius 2 is 2.16 bits per heavy atom.